The molecule has 1 N–H and O–H groups in total. The van der Waals surface area contributed by atoms with Gasteiger partial charge >= 0.3 is 0 Å². The summed E-state index contributed by atoms with van der Waals surface area (Å²) in [5, 5.41) is 3.36. The highest BCUT2D eigenvalue weighted by atomic mass is 28.1. The summed E-state index contributed by atoms with van der Waals surface area (Å²) < 4.78 is 0. The Morgan fingerprint density at radius 2 is 2.50 bits per heavy atom. The van der Waals surface area contributed by atoms with Crippen molar-refractivity contribution in [2.75, 3.05) is 26.7 Å². The predicted molar refractivity (Wildman–Crippen MR) is 39.2 cm³/mol. The second-order valence-electron chi connectivity index (χ2n) is 2.53. The molecule has 0 amide bonds. The van der Waals surface area contributed by atoms with Crippen molar-refractivity contribution in [2.45, 2.75) is 5.67 Å². The van der Waals surface area contributed by atoms with E-state index in [2.05, 4.69) is 17.3 Å². The topological polar surface area (TPSA) is 15.3 Å². The maximum atomic E-state index is 3.36. The van der Waals surface area contributed by atoms with Gasteiger partial charge in [0.25, 0.3) is 0 Å². The van der Waals surface area contributed by atoms with Crippen molar-refractivity contribution in [2.24, 2.45) is 0 Å². The molecule has 1 saturated heterocycles. The van der Waals surface area contributed by atoms with Gasteiger partial charge in [-0.2, -0.15) is 0 Å². The molecule has 1 aliphatic heterocycles. The quantitative estimate of drug-likeness (QED) is 0.390. The molecule has 0 aromatic heterocycles. The van der Waals surface area contributed by atoms with Crippen LogP contribution in [0.1, 0.15) is 0 Å². The third kappa shape index (κ3) is 1.31. The van der Waals surface area contributed by atoms with Crippen molar-refractivity contribution >= 4 is 10.2 Å². The molecular weight excluding hydrogens is 116 g/mol. The predicted octanol–water partition coefficient (Wildman–Crippen LogP) is -1.79. The molecule has 2 nitrogen and oxygen atoms in total. The van der Waals surface area contributed by atoms with Gasteiger partial charge in [-0.25, -0.2) is 0 Å². The molecular formula is C5H14N2Si. The van der Waals surface area contributed by atoms with Crippen LogP contribution in [0.4, 0.5) is 0 Å². The van der Waals surface area contributed by atoms with Crippen molar-refractivity contribution < 1.29 is 0 Å². The SMILES string of the molecule is CN1CCNCC1[SiH3]. The van der Waals surface area contributed by atoms with E-state index in [1.807, 2.05) is 0 Å². The second kappa shape index (κ2) is 2.62. The van der Waals surface area contributed by atoms with Gasteiger partial charge in [-0.15, -0.1) is 0 Å². The van der Waals surface area contributed by atoms with Crippen molar-refractivity contribution in [3.63, 3.8) is 0 Å². The Hall–Kier alpha value is 0.137. The lowest BCUT2D eigenvalue weighted by Gasteiger charge is -2.30. The lowest BCUT2D eigenvalue weighted by molar-refractivity contribution is 0.260. The first-order valence-electron chi connectivity index (χ1n) is 3.21. The fourth-order valence-electron chi connectivity index (χ4n) is 0.943. The molecule has 0 spiro atoms. The summed E-state index contributed by atoms with van der Waals surface area (Å²) in [5.41, 5.74) is 0.865. The molecule has 1 atom stereocenters. The monoisotopic (exact) mass is 130 g/mol. The van der Waals surface area contributed by atoms with Crippen molar-refractivity contribution in [1.82, 2.24) is 10.2 Å². The first-order chi connectivity index (χ1) is 3.80. The number of nitrogens with zero attached hydrogens (tertiary/aromatic N) is 1. The van der Waals surface area contributed by atoms with Crippen LogP contribution in [-0.2, 0) is 0 Å². The molecule has 1 unspecified atom stereocenters. The van der Waals surface area contributed by atoms with E-state index >= 15 is 0 Å². The number of nitrogens with one attached hydrogen (secondary N) is 1. The van der Waals surface area contributed by atoms with E-state index in [1.165, 1.54) is 29.9 Å². The Morgan fingerprint density at radius 1 is 1.75 bits per heavy atom. The molecule has 0 saturated carbocycles. The van der Waals surface area contributed by atoms with Crippen LogP contribution in [0.25, 0.3) is 0 Å². The van der Waals surface area contributed by atoms with E-state index in [-0.39, 0.29) is 0 Å². The van der Waals surface area contributed by atoms with E-state index in [0.29, 0.717) is 0 Å². The summed E-state index contributed by atoms with van der Waals surface area (Å²) in [6.07, 6.45) is 0. The largest absolute Gasteiger partial charge is 0.314 e. The zero-order chi connectivity index (χ0) is 5.98. The van der Waals surface area contributed by atoms with E-state index in [4.69, 9.17) is 0 Å². The number of likely N-dealkylation sites (N-methyl/N-ethyl adjacent to an activating group) is 1. The van der Waals surface area contributed by atoms with Gasteiger partial charge in [0.1, 0.15) is 0 Å². The molecule has 0 aromatic rings. The van der Waals surface area contributed by atoms with Gasteiger partial charge in [-0.05, 0) is 7.05 Å². The van der Waals surface area contributed by atoms with Crippen LogP contribution in [0.5, 0.6) is 0 Å². The molecule has 0 radical (unpaired) electrons. The van der Waals surface area contributed by atoms with Crippen molar-refractivity contribution in [3.8, 4) is 0 Å². The lowest BCUT2D eigenvalue weighted by atomic mass is 10.4. The summed E-state index contributed by atoms with van der Waals surface area (Å²) in [6.45, 7) is 3.62. The van der Waals surface area contributed by atoms with Gasteiger partial charge in [0, 0.05) is 35.5 Å². The Morgan fingerprint density at radius 3 is 2.88 bits per heavy atom. The number of rotatable bonds is 0. The molecule has 8 heavy (non-hydrogen) atoms. The zero-order valence-electron chi connectivity index (χ0n) is 5.65. The van der Waals surface area contributed by atoms with E-state index in [9.17, 15) is 0 Å². The second-order valence-corrected chi connectivity index (χ2v) is 3.87. The van der Waals surface area contributed by atoms with Crippen LogP contribution < -0.4 is 5.32 Å². The van der Waals surface area contributed by atoms with Crippen LogP contribution in [-0.4, -0.2) is 47.5 Å². The normalized spacial score (nSPS) is 33.4. The summed E-state index contributed by atoms with van der Waals surface area (Å²) in [5.74, 6) is 0. The standard InChI is InChI=1S/C5H14N2Si/c1-7-3-2-6-4-5(7)8/h5-6H,2-4H2,1,8H3. The highest BCUT2D eigenvalue weighted by Crippen LogP contribution is 1.92. The highest BCUT2D eigenvalue weighted by molar-refractivity contribution is 6.11. The third-order valence-corrected chi connectivity index (χ3v) is 3.12. The van der Waals surface area contributed by atoms with Gasteiger partial charge < -0.3 is 10.2 Å². The minimum atomic E-state index is 0.865. The fraction of sp³-hybridized carbons (Fsp3) is 1.00. The van der Waals surface area contributed by atoms with Crippen LogP contribution >= 0.6 is 0 Å². The van der Waals surface area contributed by atoms with Gasteiger partial charge in [-0.3, -0.25) is 0 Å². The Balaban J connectivity index is 2.28. The van der Waals surface area contributed by atoms with Crippen LogP contribution in [0.3, 0.4) is 0 Å². The average Bonchev–Trinajstić information content (AvgIpc) is 1.77. The zero-order valence-corrected chi connectivity index (χ0v) is 7.65. The third-order valence-electron chi connectivity index (χ3n) is 1.83. The smallest absolute Gasteiger partial charge is 0.0260 e. The van der Waals surface area contributed by atoms with Crippen molar-refractivity contribution in [3.05, 3.63) is 0 Å². The minimum Gasteiger partial charge on any atom is -0.314 e. The molecule has 0 bridgehead atoms. The summed E-state index contributed by atoms with van der Waals surface area (Å²) in [4.78, 5) is 2.43. The Labute approximate surface area is 53.7 Å². The summed E-state index contributed by atoms with van der Waals surface area (Å²) in [6, 6.07) is 0. The maximum absolute atomic E-state index is 3.36. The number of hydrogen-bond donors (Lipinski definition) is 1. The van der Waals surface area contributed by atoms with Gasteiger partial charge in [0.05, 0.1) is 0 Å². The van der Waals surface area contributed by atoms with Gasteiger partial charge in [-0.1, -0.05) is 0 Å². The van der Waals surface area contributed by atoms with Crippen LogP contribution in [0.15, 0.2) is 0 Å². The van der Waals surface area contributed by atoms with E-state index < -0.39 is 0 Å². The molecule has 1 aliphatic rings. The summed E-state index contributed by atoms with van der Waals surface area (Å²) in [7, 11) is 3.50. The van der Waals surface area contributed by atoms with E-state index in [0.717, 1.165) is 5.67 Å². The van der Waals surface area contributed by atoms with Crippen LogP contribution in [0.2, 0.25) is 0 Å². The van der Waals surface area contributed by atoms with Crippen LogP contribution in [0, 0.1) is 0 Å². The summed E-state index contributed by atoms with van der Waals surface area (Å²) >= 11 is 0. The molecule has 0 aliphatic carbocycles. The molecule has 1 heterocycles. The molecule has 48 valence electrons. The number of hydrogen-bond acceptors (Lipinski definition) is 2. The first kappa shape index (κ1) is 6.26. The van der Waals surface area contributed by atoms with Crippen molar-refractivity contribution in [1.29, 1.82) is 0 Å². The number of piperazine rings is 1. The fourth-order valence-corrected chi connectivity index (χ4v) is 1.49. The maximum Gasteiger partial charge on any atom is 0.0260 e. The van der Waals surface area contributed by atoms with Gasteiger partial charge in [0.15, 0.2) is 0 Å². The molecule has 1 rings (SSSR count). The van der Waals surface area contributed by atoms with E-state index in [1.54, 1.807) is 0 Å². The average molecular weight is 130 g/mol. The highest BCUT2D eigenvalue weighted by Gasteiger charge is 2.11. The van der Waals surface area contributed by atoms with Gasteiger partial charge in [0.2, 0.25) is 0 Å². The minimum absolute atomic E-state index is 0.865. The molecule has 1 fully saturated rings. The lowest BCUT2D eigenvalue weighted by Crippen LogP contribution is -2.49. The Bertz CT molecular complexity index is 66.8. The molecule has 3 heteroatoms. The first-order valence-corrected chi connectivity index (χ1v) is 4.37. The Kier molecular flexibility index (Phi) is 2.05. The molecule has 0 aromatic carbocycles.